The van der Waals surface area contributed by atoms with E-state index in [-0.39, 0.29) is 17.1 Å². The summed E-state index contributed by atoms with van der Waals surface area (Å²) in [5, 5.41) is 3.86. The SMILES string of the molecule is CCC(=NOC(=O)c1cc(OC)c(OC)c(OC)c1)C(=O)c1c(C)cc(C)cc1C. The molecule has 2 aromatic carbocycles. The topological polar surface area (TPSA) is 83.4 Å². The Labute approximate surface area is 176 Å². The number of hydrogen-bond donors (Lipinski definition) is 0. The normalized spacial score (nSPS) is 11.1. The molecule has 0 unspecified atom stereocenters. The number of oxime groups is 1. The van der Waals surface area contributed by atoms with Crippen LogP contribution in [0.3, 0.4) is 0 Å². The predicted octanol–water partition coefficient (Wildman–Crippen LogP) is 4.44. The highest BCUT2D eigenvalue weighted by Gasteiger charge is 2.21. The molecule has 0 fully saturated rings. The van der Waals surface area contributed by atoms with Gasteiger partial charge in [-0.2, -0.15) is 0 Å². The standard InChI is InChI=1S/C23H27NO6/c1-8-17(21(25)20-14(3)9-13(2)10-15(20)4)24-30-23(26)16-11-18(27-5)22(29-7)19(12-16)28-6/h9-12H,8H2,1-7H3. The van der Waals surface area contributed by atoms with Gasteiger partial charge in [0.25, 0.3) is 0 Å². The average Bonchev–Trinajstić information content (AvgIpc) is 2.71. The van der Waals surface area contributed by atoms with Gasteiger partial charge in [0.1, 0.15) is 5.71 Å². The van der Waals surface area contributed by atoms with Crippen LogP contribution in [0.2, 0.25) is 0 Å². The lowest BCUT2D eigenvalue weighted by Gasteiger charge is -2.13. The first kappa shape index (κ1) is 22.9. The fraction of sp³-hybridized carbons (Fsp3) is 0.348. The van der Waals surface area contributed by atoms with E-state index < -0.39 is 5.97 Å². The van der Waals surface area contributed by atoms with Gasteiger partial charge in [0, 0.05) is 5.56 Å². The lowest BCUT2D eigenvalue weighted by Crippen LogP contribution is -2.18. The molecule has 0 spiro atoms. The Hall–Kier alpha value is -3.35. The van der Waals surface area contributed by atoms with Crippen molar-refractivity contribution < 1.29 is 28.6 Å². The van der Waals surface area contributed by atoms with Crippen LogP contribution in [0.4, 0.5) is 0 Å². The lowest BCUT2D eigenvalue weighted by molar-refractivity contribution is 0.0514. The number of hydrogen-bond acceptors (Lipinski definition) is 7. The van der Waals surface area contributed by atoms with Crippen LogP contribution in [0.1, 0.15) is 50.8 Å². The number of ketones is 1. The maximum Gasteiger partial charge on any atom is 0.366 e. The molecule has 7 heteroatoms. The molecule has 0 aromatic heterocycles. The van der Waals surface area contributed by atoms with Crippen molar-refractivity contribution in [3.63, 3.8) is 0 Å². The summed E-state index contributed by atoms with van der Waals surface area (Å²) in [5.41, 5.74) is 3.67. The van der Waals surface area contributed by atoms with Crippen LogP contribution in [0, 0.1) is 20.8 Å². The number of Topliss-reactive ketones (excluding diaryl/α,β-unsaturated/α-hetero) is 1. The summed E-state index contributed by atoms with van der Waals surface area (Å²) in [6.45, 7) is 7.51. The summed E-state index contributed by atoms with van der Waals surface area (Å²) in [4.78, 5) is 30.6. The quantitative estimate of drug-likeness (QED) is 0.275. The molecule has 30 heavy (non-hydrogen) atoms. The van der Waals surface area contributed by atoms with Crippen LogP contribution in [-0.2, 0) is 4.84 Å². The van der Waals surface area contributed by atoms with Crippen molar-refractivity contribution in [3.8, 4) is 17.2 Å². The number of carbonyl (C=O) groups excluding carboxylic acids is 2. The van der Waals surface area contributed by atoms with Gasteiger partial charge in [-0.15, -0.1) is 0 Å². The zero-order valence-electron chi connectivity index (χ0n) is 18.4. The molecule has 0 saturated carbocycles. The van der Waals surface area contributed by atoms with Crippen molar-refractivity contribution in [1.82, 2.24) is 0 Å². The van der Waals surface area contributed by atoms with Gasteiger partial charge in [0.15, 0.2) is 11.5 Å². The van der Waals surface area contributed by atoms with E-state index in [1.807, 2.05) is 32.9 Å². The molecule has 0 heterocycles. The van der Waals surface area contributed by atoms with Crippen molar-refractivity contribution in [2.75, 3.05) is 21.3 Å². The van der Waals surface area contributed by atoms with Crippen molar-refractivity contribution in [2.24, 2.45) is 5.16 Å². The second kappa shape index (κ2) is 9.91. The van der Waals surface area contributed by atoms with E-state index in [4.69, 9.17) is 19.0 Å². The molecule has 0 N–H and O–H groups in total. The minimum Gasteiger partial charge on any atom is -0.493 e. The third-order valence-electron chi connectivity index (χ3n) is 4.64. The number of aryl methyl sites for hydroxylation is 3. The Morgan fingerprint density at radius 1 is 0.867 bits per heavy atom. The van der Waals surface area contributed by atoms with Gasteiger partial charge >= 0.3 is 5.97 Å². The maximum absolute atomic E-state index is 13.0. The lowest BCUT2D eigenvalue weighted by atomic mass is 9.94. The fourth-order valence-electron chi connectivity index (χ4n) is 3.30. The van der Waals surface area contributed by atoms with E-state index >= 15 is 0 Å². The molecule has 0 aliphatic heterocycles. The van der Waals surface area contributed by atoms with E-state index in [1.165, 1.54) is 33.5 Å². The summed E-state index contributed by atoms with van der Waals surface area (Å²) in [6, 6.07) is 6.80. The summed E-state index contributed by atoms with van der Waals surface area (Å²) < 4.78 is 15.7. The molecule has 0 radical (unpaired) electrons. The molecule has 0 bridgehead atoms. The molecular formula is C23H27NO6. The zero-order chi connectivity index (χ0) is 22.4. The largest absolute Gasteiger partial charge is 0.493 e. The van der Waals surface area contributed by atoms with Crippen molar-refractivity contribution in [2.45, 2.75) is 34.1 Å². The predicted molar refractivity (Wildman–Crippen MR) is 114 cm³/mol. The molecule has 160 valence electrons. The first-order valence-electron chi connectivity index (χ1n) is 9.48. The molecule has 0 amide bonds. The second-order valence-electron chi connectivity index (χ2n) is 6.79. The molecule has 0 saturated heterocycles. The van der Waals surface area contributed by atoms with Crippen LogP contribution < -0.4 is 14.2 Å². The molecule has 7 nitrogen and oxygen atoms in total. The average molecular weight is 413 g/mol. The van der Waals surface area contributed by atoms with E-state index in [9.17, 15) is 9.59 Å². The molecular weight excluding hydrogens is 386 g/mol. The van der Waals surface area contributed by atoms with Crippen LogP contribution in [-0.4, -0.2) is 38.8 Å². The summed E-state index contributed by atoms with van der Waals surface area (Å²) >= 11 is 0. The van der Waals surface area contributed by atoms with Gasteiger partial charge < -0.3 is 19.0 Å². The van der Waals surface area contributed by atoms with Gasteiger partial charge in [-0.3, -0.25) is 4.79 Å². The van der Waals surface area contributed by atoms with Crippen LogP contribution >= 0.6 is 0 Å². The first-order valence-corrected chi connectivity index (χ1v) is 9.48. The van der Waals surface area contributed by atoms with E-state index in [0.717, 1.165) is 16.7 Å². The monoisotopic (exact) mass is 413 g/mol. The smallest absolute Gasteiger partial charge is 0.366 e. The number of ether oxygens (including phenoxy) is 3. The highest BCUT2D eigenvalue weighted by atomic mass is 16.7. The fourth-order valence-corrected chi connectivity index (χ4v) is 3.30. The summed E-state index contributed by atoms with van der Waals surface area (Å²) in [6.07, 6.45) is 0.314. The Balaban J connectivity index is 2.33. The molecule has 0 atom stereocenters. The van der Waals surface area contributed by atoms with E-state index in [2.05, 4.69) is 5.16 Å². The highest BCUT2D eigenvalue weighted by molar-refractivity contribution is 6.46. The zero-order valence-corrected chi connectivity index (χ0v) is 18.4. The Bertz CT molecular complexity index is 945. The van der Waals surface area contributed by atoms with Gasteiger partial charge in [0.2, 0.25) is 11.5 Å². The number of methoxy groups -OCH3 is 3. The summed E-state index contributed by atoms with van der Waals surface area (Å²) in [7, 11) is 4.37. The number of benzene rings is 2. The van der Waals surface area contributed by atoms with Gasteiger partial charge in [0.05, 0.1) is 26.9 Å². The van der Waals surface area contributed by atoms with E-state index in [0.29, 0.717) is 29.2 Å². The minimum atomic E-state index is -0.745. The Kier molecular flexibility index (Phi) is 7.58. The summed E-state index contributed by atoms with van der Waals surface area (Å²) in [5.74, 6) is -0.0266. The molecule has 0 aliphatic rings. The minimum absolute atomic E-state index is 0.152. The maximum atomic E-state index is 13.0. The first-order chi connectivity index (χ1) is 14.3. The molecule has 2 rings (SSSR count). The molecule has 0 aliphatic carbocycles. The Morgan fingerprint density at radius 3 is 1.83 bits per heavy atom. The number of nitrogens with zero attached hydrogens (tertiary/aromatic N) is 1. The van der Waals surface area contributed by atoms with Crippen molar-refractivity contribution in [1.29, 1.82) is 0 Å². The second-order valence-corrected chi connectivity index (χ2v) is 6.79. The highest BCUT2D eigenvalue weighted by Crippen LogP contribution is 2.38. The number of rotatable bonds is 8. The molecule has 2 aromatic rings. The van der Waals surface area contributed by atoms with Crippen LogP contribution in [0.25, 0.3) is 0 Å². The van der Waals surface area contributed by atoms with Gasteiger partial charge in [-0.1, -0.05) is 29.8 Å². The number of carbonyl (C=O) groups is 2. The van der Waals surface area contributed by atoms with Crippen molar-refractivity contribution >= 4 is 17.5 Å². The Morgan fingerprint density at radius 2 is 1.40 bits per heavy atom. The van der Waals surface area contributed by atoms with E-state index in [1.54, 1.807) is 6.92 Å². The third-order valence-corrected chi connectivity index (χ3v) is 4.64. The van der Waals surface area contributed by atoms with Crippen LogP contribution in [0.5, 0.6) is 17.2 Å². The van der Waals surface area contributed by atoms with Gasteiger partial charge in [-0.25, -0.2) is 4.79 Å². The van der Waals surface area contributed by atoms with Gasteiger partial charge in [-0.05, 0) is 50.5 Å². The van der Waals surface area contributed by atoms with Crippen LogP contribution in [0.15, 0.2) is 29.4 Å². The van der Waals surface area contributed by atoms with Crippen molar-refractivity contribution in [3.05, 3.63) is 52.1 Å². The third kappa shape index (κ3) is 4.79.